The molecule has 60 valence electrons. The number of aliphatic hydroxyl groups is 1. The van der Waals surface area contributed by atoms with Crippen LogP contribution in [0.5, 0.6) is 0 Å². The van der Waals surface area contributed by atoms with Crippen LogP contribution in [0.15, 0.2) is 0 Å². The quantitative estimate of drug-likeness (QED) is 0.514. The summed E-state index contributed by atoms with van der Waals surface area (Å²) in [7, 11) is 0. The zero-order valence-corrected chi connectivity index (χ0v) is 6.00. The Balaban J connectivity index is 3.25. The molecule has 0 radical (unpaired) electrons. The first kappa shape index (κ1) is 9.23. The predicted molar refractivity (Wildman–Crippen MR) is 36.7 cm³/mol. The lowest BCUT2D eigenvalue weighted by Crippen LogP contribution is -2.33. The summed E-state index contributed by atoms with van der Waals surface area (Å²) in [5, 5.41) is 18.9. The van der Waals surface area contributed by atoms with Gasteiger partial charge in [-0.1, -0.05) is 13.3 Å². The largest absolute Gasteiger partial charge is 0.465 e. The number of carbonyl (C=O) groups is 1. The Hall–Kier alpha value is -0.770. The van der Waals surface area contributed by atoms with Crippen molar-refractivity contribution in [3.05, 3.63) is 0 Å². The first-order valence-electron chi connectivity index (χ1n) is 3.34. The van der Waals surface area contributed by atoms with E-state index in [0.717, 1.165) is 12.8 Å². The first-order chi connectivity index (χ1) is 4.66. The minimum atomic E-state index is -1.18. The van der Waals surface area contributed by atoms with E-state index in [2.05, 4.69) is 0 Å². The van der Waals surface area contributed by atoms with Gasteiger partial charge in [0.1, 0.15) is 6.23 Å². The third-order valence-electron chi connectivity index (χ3n) is 1.12. The van der Waals surface area contributed by atoms with Gasteiger partial charge < -0.3 is 10.2 Å². The fourth-order valence-electron chi connectivity index (χ4n) is 0.612. The molecule has 0 aromatic carbocycles. The Morgan fingerprint density at radius 3 is 2.70 bits per heavy atom. The van der Waals surface area contributed by atoms with Gasteiger partial charge in [0.15, 0.2) is 0 Å². The van der Waals surface area contributed by atoms with E-state index in [1.54, 1.807) is 0 Å². The molecule has 1 unspecified atom stereocenters. The molecular weight excluding hydrogens is 134 g/mol. The highest BCUT2D eigenvalue weighted by Gasteiger charge is 2.04. The summed E-state index contributed by atoms with van der Waals surface area (Å²) in [6.07, 6.45) is 0.198. The van der Waals surface area contributed by atoms with Gasteiger partial charge in [0.2, 0.25) is 0 Å². The van der Waals surface area contributed by atoms with Gasteiger partial charge in [0.25, 0.3) is 0 Å². The van der Waals surface area contributed by atoms with Gasteiger partial charge in [0, 0.05) is 0 Å². The smallest absolute Gasteiger partial charge is 0.406 e. The fourth-order valence-corrected chi connectivity index (χ4v) is 0.612. The molecule has 0 aromatic rings. The highest BCUT2D eigenvalue weighted by atomic mass is 16.4. The molecule has 0 aliphatic carbocycles. The molecule has 4 heteroatoms. The molecule has 1 atom stereocenters. The van der Waals surface area contributed by atoms with Crippen LogP contribution in [0.1, 0.15) is 26.2 Å². The minimum absolute atomic E-state index is 0.489. The van der Waals surface area contributed by atoms with E-state index >= 15 is 0 Å². The molecule has 0 spiro atoms. The maximum atomic E-state index is 9.90. The molecule has 1 amide bonds. The Bertz CT molecular complexity index is 105. The van der Waals surface area contributed by atoms with Gasteiger partial charge in [-0.05, 0) is 12.8 Å². The molecule has 3 N–H and O–H groups in total. The van der Waals surface area contributed by atoms with Crippen molar-refractivity contribution in [1.29, 1.82) is 0 Å². The zero-order valence-electron chi connectivity index (χ0n) is 6.00. The topological polar surface area (TPSA) is 69.6 Å². The van der Waals surface area contributed by atoms with Crippen LogP contribution in [0.2, 0.25) is 0 Å². The standard InChI is InChI=1S/C6H13NO3/c1-2-3-4-5(8)7-6(9)10/h5,7-8H,2-4H2,1H3,(H,9,10). The molecular formula is C6H13NO3. The Labute approximate surface area is 59.9 Å². The highest BCUT2D eigenvalue weighted by molar-refractivity contribution is 5.64. The molecule has 0 bridgehead atoms. The number of hydrogen-bond donors (Lipinski definition) is 3. The first-order valence-corrected chi connectivity index (χ1v) is 3.34. The van der Waals surface area contributed by atoms with Crippen molar-refractivity contribution in [1.82, 2.24) is 5.32 Å². The van der Waals surface area contributed by atoms with Gasteiger partial charge in [-0.2, -0.15) is 0 Å². The van der Waals surface area contributed by atoms with Crippen molar-refractivity contribution in [2.75, 3.05) is 0 Å². The molecule has 0 rings (SSSR count). The second-order valence-corrected chi connectivity index (χ2v) is 2.11. The second-order valence-electron chi connectivity index (χ2n) is 2.11. The maximum absolute atomic E-state index is 9.90. The Kier molecular flexibility index (Phi) is 4.66. The molecule has 0 saturated heterocycles. The van der Waals surface area contributed by atoms with Crippen LogP contribution in [0, 0.1) is 0 Å². The molecule has 0 fully saturated rings. The monoisotopic (exact) mass is 147 g/mol. The summed E-state index contributed by atoms with van der Waals surface area (Å²) in [6, 6.07) is 0. The van der Waals surface area contributed by atoms with Gasteiger partial charge in [-0.25, -0.2) is 4.79 Å². The third-order valence-corrected chi connectivity index (χ3v) is 1.12. The Morgan fingerprint density at radius 2 is 2.30 bits per heavy atom. The normalized spacial score (nSPS) is 12.6. The molecule has 0 aromatic heterocycles. The van der Waals surface area contributed by atoms with Gasteiger partial charge in [-0.3, -0.25) is 5.32 Å². The lowest BCUT2D eigenvalue weighted by atomic mass is 10.2. The van der Waals surface area contributed by atoms with E-state index in [0.29, 0.717) is 6.42 Å². The molecule has 10 heavy (non-hydrogen) atoms. The van der Waals surface area contributed by atoms with Crippen molar-refractivity contribution in [2.24, 2.45) is 0 Å². The number of hydrogen-bond acceptors (Lipinski definition) is 2. The summed E-state index contributed by atoms with van der Waals surface area (Å²) in [5.41, 5.74) is 0. The van der Waals surface area contributed by atoms with Crippen LogP contribution in [-0.2, 0) is 0 Å². The van der Waals surface area contributed by atoms with Gasteiger partial charge in [-0.15, -0.1) is 0 Å². The Morgan fingerprint density at radius 1 is 1.70 bits per heavy atom. The fraction of sp³-hybridized carbons (Fsp3) is 0.833. The molecule has 0 saturated carbocycles. The SMILES string of the molecule is CCCCC(O)NC(=O)O. The molecule has 0 heterocycles. The lowest BCUT2D eigenvalue weighted by Gasteiger charge is -2.07. The number of aliphatic hydroxyl groups excluding tert-OH is 1. The highest BCUT2D eigenvalue weighted by Crippen LogP contribution is 1.96. The van der Waals surface area contributed by atoms with E-state index in [1.165, 1.54) is 0 Å². The van der Waals surface area contributed by atoms with Gasteiger partial charge >= 0.3 is 6.09 Å². The maximum Gasteiger partial charge on any atom is 0.406 e. The van der Waals surface area contributed by atoms with Crippen LogP contribution < -0.4 is 5.32 Å². The number of amides is 1. The van der Waals surface area contributed by atoms with Crippen molar-refractivity contribution in [3.63, 3.8) is 0 Å². The van der Waals surface area contributed by atoms with Crippen LogP contribution in [0.4, 0.5) is 4.79 Å². The van der Waals surface area contributed by atoms with E-state index in [1.807, 2.05) is 12.2 Å². The van der Waals surface area contributed by atoms with Gasteiger partial charge in [0.05, 0.1) is 0 Å². The van der Waals surface area contributed by atoms with Crippen molar-refractivity contribution in [2.45, 2.75) is 32.4 Å². The molecule has 0 aliphatic rings. The molecule has 0 aliphatic heterocycles. The van der Waals surface area contributed by atoms with E-state index in [4.69, 9.17) is 10.2 Å². The summed E-state index contributed by atoms with van der Waals surface area (Å²) >= 11 is 0. The van der Waals surface area contributed by atoms with E-state index in [-0.39, 0.29) is 0 Å². The average Bonchev–Trinajstić information content (AvgIpc) is 1.82. The van der Waals surface area contributed by atoms with Crippen LogP contribution >= 0.6 is 0 Å². The third kappa shape index (κ3) is 5.37. The lowest BCUT2D eigenvalue weighted by molar-refractivity contribution is 0.113. The summed E-state index contributed by atoms with van der Waals surface area (Å²) in [4.78, 5) is 9.90. The number of unbranched alkanes of at least 4 members (excludes halogenated alkanes) is 1. The van der Waals surface area contributed by atoms with Crippen molar-refractivity contribution < 1.29 is 15.0 Å². The summed E-state index contributed by atoms with van der Waals surface area (Å²) in [5.74, 6) is 0. The van der Waals surface area contributed by atoms with Crippen LogP contribution in [0.3, 0.4) is 0 Å². The zero-order chi connectivity index (χ0) is 7.98. The number of rotatable bonds is 4. The van der Waals surface area contributed by atoms with Crippen molar-refractivity contribution in [3.8, 4) is 0 Å². The van der Waals surface area contributed by atoms with E-state index in [9.17, 15) is 4.79 Å². The van der Waals surface area contributed by atoms with Crippen LogP contribution in [-0.4, -0.2) is 22.5 Å². The summed E-state index contributed by atoms with van der Waals surface area (Å²) < 4.78 is 0. The molecule has 4 nitrogen and oxygen atoms in total. The summed E-state index contributed by atoms with van der Waals surface area (Å²) in [6.45, 7) is 1.98. The number of carboxylic acid groups (broad SMARTS) is 1. The average molecular weight is 147 g/mol. The van der Waals surface area contributed by atoms with Crippen molar-refractivity contribution >= 4 is 6.09 Å². The minimum Gasteiger partial charge on any atom is -0.465 e. The predicted octanol–water partition coefficient (Wildman–Crippen LogP) is 0.763. The van der Waals surface area contributed by atoms with Crippen LogP contribution in [0.25, 0.3) is 0 Å². The second kappa shape index (κ2) is 5.05. The van der Waals surface area contributed by atoms with E-state index < -0.39 is 12.3 Å². The number of nitrogens with one attached hydrogen (secondary N) is 1.